The summed E-state index contributed by atoms with van der Waals surface area (Å²) < 4.78 is 5.31. The monoisotopic (exact) mass is 555 g/mol. The first kappa shape index (κ1) is 27.5. The van der Waals surface area contributed by atoms with Crippen LogP contribution in [0.15, 0.2) is 35.9 Å². The molecule has 0 amide bonds. The van der Waals surface area contributed by atoms with E-state index in [9.17, 15) is 9.59 Å². The minimum Gasteiger partial charge on any atom is -0.469 e. The third-order valence-electron chi connectivity index (χ3n) is 14.4. The fourth-order valence-electron chi connectivity index (χ4n) is 11.9. The molecule has 3 saturated carbocycles. The van der Waals surface area contributed by atoms with E-state index in [4.69, 9.17) is 4.74 Å². The second-order valence-electron chi connectivity index (χ2n) is 16.7. The number of hydrogen-bond acceptors (Lipinski definition) is 3. The van der Waals surface area contributed by atoms with Gasteiger partial charge in [-0.1, -0.05) is 65.3 Å². The van der Waals surface area contributed by atoms with Gasteiger partial charge in [0.2, 0.25) is 0 Å². The Bertz CT molecular complexity index is 1510. The molecular formula is C37H49NO3. The van der Waals surface area contributed by atoms with Crippen LogP contribution in [0.3, 0.4) is 0 Å². The van der Waals surface area contributed by atoms with Crippen molar-refractivity contribution in [2.75, 3.05) is 7.11 Å². The number of nitrogens with one attached hydrogen (secondary N) is 1. The molecule has 0 saturated heterocycles. The van der Waals surface area contributed by atoms with Crippen LogP contribution < -0.4 is 0 Å². The van der Waals surface area contributed by atoms with Crippen LogP contribution in [0.25, 0.3) is 10.9 Å². The summed E-state index contributed by atoms with van der Waals surface area (Å²) in [6, 6.07) is 8.73. The summed E-state index contributed by atoms with van der Waals surface area (Å²) in [4.78, 5) is 31.6. The van der Waals surface area contributed by atoms with E-state index >= 15 is 0 Å². The number of carbonyl (C=O) groups excluding carboxylic acids is 2. The number of rotatable bonds is 1. The minimum absolute atomic E-state index is 0.0106. The normalized spacial score (nSPS) is 44.5. The van der Waals surface area contributed by atoms with Crippen LogP contribution in [0, 0.1) is 44.8 Å². The maximum absolute atomic E-state index is 14.8. The molecule has 0 spiro atoms. The van der Waals surface area contributed by atoms with Gasteiger partial charge in [-0.2, -0.15) is 0 Å². The zero-order valence-electron chi connectivity index (χ0n) is 26.5. The molecule has 0 unspecified atom stereocenters. The maximum atomic E-state index is 14.8. The van der Waals surface area contributed by atoms with Crippen molar-refractivity contribution >= 4 is 22.7 Å². The second kappa shape index (κ2) is 8.17. The topological polar surface area (TPSA) is 59.2 Å². The summed E-state index contributed by atoms with van der Waals surface area (Å²) in [6.45, 7) is 16.8. The summed E-state index contributed by atoms with van der Waals surface area (Å²) in [5.41, 5.74) is 4.72. The van der Waals surface area contributed by atoms with E-state index in [0.29, 0.717) is 11.7 Å². The van der Waals surface area contributed by atoms with Crippen LogP contribution in [-0.4, -0.2) is 23.8 Å². The number of ketones is 1. The van der Waals surface area contributed by atoms with Gasteiger partial charge in [-0.15, -0.1) is 0 Å². The Labute approximate surface area is 246 Å². The second-order valence-corrected chi connectivity index (χ2v) is 16.7. The van der Waals surface area contributed by atoms with Gasteiger partial charge in [0.05, 0.1) is 12.5 Å². The SMILES string of the molecule is COC(=O)[C@@]1(C)CC[C@]2(C)CC[C@@]3(C)C(=CC(=O)[C@@H]4[C@@]5(C)Cc6c([nH]c7ccccc67)C(C)(C)[C@@H]5CC[C@]43C)[C@H]2C1. The highest BCUT2D eigenvalue weighted by molar-refractivity contribution is 5.96. The van der Waals surface area contributed by atoms with Crippen molar-refractivity contribution < 1.29 is 14.3 Å². The number of fused-ring (bicyclic) bond motifs is 10. The van der Waals surface area contributed by atoms with Gasteiger partial charge >= 0.3 is 5.97 Å². The molecule has 1 aromatic carbocycles. The number of allylic oxidation sites excluding steroid dienone is 2. The molecule has 2 aromatic rings. The molecule has 8 atom stereocenters. The fourth-order valence-corrected chi connectivity index (χ4v) is 11.9. The largest absolute Gasteiger partial charge is 0.469 e. The lowest BCUT2D eigenvalue weighted by Gasteiger charge is -2.70. The molecule has 4 heteroatoms. The number of aromatic amines is 1. The van der Waals surface area contributed by atoms with Gasteiger partial charge in [0, 0.05) is 27.9 Å². The van der Waals surface area contributed by atoms with Gasteiger partial charge in [-0.05, 0) is 109 Å². The van der Waals surface area contributed by atoms with Crippen LogP contribution in [0.4, 0.5) is 0 Å². The first-order valence-corrected chi connectivity index (χ1v) is 16.1. The molecule has 4 nitrogen and oxygen atoms in total. The van der Waals surface area contributed by atoms with E-state index in [1.807, 2.05) is 0 Å². The van der Waals surface area contributed by atoms with E-state index in [-0.39, 0.29) is 44.9 Å². The van der Waals surface area contributed by atoms with Crippen LogP contribution in [0.5, 0.6) is 0 Å². The standard InChI is InChI=1S/C37H49NO3/c1-32(2)28-13-14-37(7)29(35(28,5)20-23-22-11-9-10-12-26(22)38-30(23)32)27(39)19-24-25-21-34(4,31(40)41-8)16-15-33(25,3)17-18-36(24,37)6/h9-12,19,25,28-29,38H,13-18,20-21H2,1-8H3/t25-,28+,29-,33-,34+,35+,36+,37-/m1/s1. The Morgan fingerprint density at radius 3 is 2.39 bits per heavy atom. The van der Waals surface area contributed by atoms with E-state index in [1.165, 1.54) is 34.8 Å². The van der Waals surface area contributed by atoms with Crippen LogP contribution in [0.1, 0.15) is 105 Å². The molecule has 0 aliphatic heterocycles. The van der Waals surface area contributed by atoms with Gasteiger partial charge in [0.25, 0.3) is 0 Å². The number of aromatic nitrogens is 1. The molecule has 3 fully saturated rings. The Kier molecular flexibility index (Phi) is 5.47. The molecule has 5 aliphatic carbocycles. The molecule has 5 aliphatic rings. The van der Waals surface area contributed by atoms with Crippen LogP contribution >= 0.6 is 0 Å². The van der Waals surface area contributed by atoms with Crippen molar-refractivity contribution in [1.29, 1.82) is 0 Å². The zero-order chi connectivity index (χ0) is 29.4. The van der Waals surface area contributed by atoms with Gasteiger partial charge in [0.15, 0.2) is 5.78 Å². The Balaban J connectivity index is 1.37. The Morgan fingerprint density at radius 1 is 0.951 bits per heavy atom. The number of methoxy groups -OCH3 is 1. The lowest BCUT2D eigenvalue weighted by molar-refractivity contribution is -0.174. The molecule has 1 aromatic heterocycles. The van der Waals surface area contributed by atoms with Crippen LogP contribution in [-0.2, 0) is 26.2 Å². The Hall–Kier alpha value is -2.36. The number of H-pyrrole nitrogens is 1. The highest BCUT2D eigenvalue weighted by atomic mass is 16.5. The van der Waals surface area contributed by atoms with Crippen molar-refractivity contribution in [3.05, 3.63) is 47.2 Å². The summed E-state index contributed by atoms with van der Waals surface area (Å²) in [5.74, 6) is 0.923. The number of ether oxygens (including phenoxy) is 1. The van der Waals surface area contributed by atoms with Crippen molar-refractivity contribution in [2.24, 2.45) is 44.8 Å². The van der Waals surface area contributed by atoms with E-state index in [2.05, 4.69) is 83.8 Å². The summed E-state index contributed by atoms with van der Waals surface area (Å²) in [6.07, 6.45) is 10.3. The first-order chi connectivity index (χ1) is 19.1. The predicted octanol–water partition coefficient (Wildman–Crippen LogP) is 8.34. The van der Waals surface area contributed by atoms with Crippen molar-refractivity contribution in [2.45, 2.75) is 105 Å². The van der Waals surface area contributed by atoms with E-state index in [0.717, 1.165) is 51.4 Å². The number of esters is 1. The molecule has 1 heterocycles. The molecule has 0 radical (unpaired) electrons. The van der Waals surface area contributed by atoms with Crippen molar-refractivity contribution in [3.63, 3.8) is 0 Å². The predicted molar refractivity (Wildman–Crippen MR) is 163 cm³/mol. The average Bonchev–Trinajstić information content (AvgIpc) is 3.29. The third kappa shape index (κ3) is 3.23. The van der Waals surface area contributed by atoms with Crippen molar-refractivity contribution in [3.8, 4) is 0 Å². The summed E-state index contributed by atoms with van der Waals surface area (Å²) in [5, 5.41) is 1.32. The lowest BCUT2D eigenvalue weighted by Crippen LogP contribution is -2.66. The van der Waals surface area contributed by atoms with Gasteiger partial charge in [-0.3, -0.25) is 9.59 Å². The smallest absolute Gasteiger partial charge is 0.311 e. The average molecular weight is 556 g/mol. The summed E-state index contributed by atoms with van der Waals surface area (Å²) in [7, 11) is 1.52. The number of carbonyl (C=O) groups is 2. The molecule has 1 N–H and O–H groups in total. The molecular weight excluding hydrogens is 506 g/mol. The fraction of sp³-hybridized carbons (Fsp3) is 0.676. The number of para-hydroxylation sites is 1. The summed E-state index contributed by atoms with van der Waals surface area (Å²) >= 11 is 0. The quantitative estimate of drug-likeness (QED) is 0.360. The van der Waals surface area contributed by atoms with Gasteiger partial charge < -0.3 is 9.72 Å². The maximum Gasteiger partial charge on any atom is 0.311 e. The third-order valence-corrected chi connectivity index (χ3v) is 14.4. The number of hydrogen-bond donors (Lipinski definition) is 1. The highest BCUT2D eigenvalue weighted by Gasteiger charge is 2.70. The van der Waals surface area contributed by atoms with E-state index < -0.39 is 5.41 Å². The lowest BCUT2D eigenvalue weighted by atomic mass is 9.33. The first-order valence-electron chi connectivity index (χ1n) is 16.1. The molecule has 0 bridgehead atoms. The minimum atomic E-state index is -0.485. The van der Waals surface area contributed by atoms with E-state index in [1.54, 1.807) is 0 Å². The number of benzene rings is 1. The molecule has 220 valence electrons. The Morgan fingerprint density at radius 2 is 1.66 bits per heavy atom. The van der Waals surface area contributed by atoms with Gasteiger partial charge in [0.1, 0.15) is 0 Å². The molecule has 7 rings (SSSR count). The van der Waals surface area contributed by atoms with Crippen LogP contribution in [0.2, 0.25) is 0 Å². The van der Waals surface area contributed by atoms with Gasteiger partial charge in [-0.25, -0.2) is 0 Å². The molecule has 41 heavy (non-hydrogen) atoms. The van der Waals surface area contributed by atoms with Crippen molar-refractivity contribution in [1.82, 2.24) is 4.98 Å². The highest BCUT2D eigenvalue weighted by Crippen LogP contribution is 2.75. The zero-order valence-corrected chi connectivity index (χ0v) is 26.5.